The van der Waals surface area contributed by atoms with Gasteiger partial charge in [-0.1, -0.05) is 32.0 Å². The largest absolute Gasteiger partial charge is 0.396 e. The molecule has 0 saturated carbocycles. The van der Waals surface area contributed by atoms with Crippen LogP contribution in [0.4, 0.5) is 0 Å². The molecule has 0 bridgehead atoms. The minimum absolute atomic E-state index is 0.0275. The monoisotopic (exact) mass is 302 g/mol. The fraction of sp³-hybridized carbons (Fsp3) is 0.412. The zero-order valence-electron chi connectivity index (χ0n) is 12.9. The van der Waals surface area contributed by atoms with Crippen LogP contribution < -0.4 is 10.9 Å². The molecule has 1 aromatic carbocycles. The summed E-state index contributed by atoms with van der Waals surface area (Å²) in [6, 6.07) is 9.14. The first-order valence-corrected chi connectivity index (χ1v) is 7.52. The highest BCUT2D eigenvalue weighted by Crippen LogP contribution is 2.11. The molecule has 0 fully saturated rings. The molecule has 1 aromatic heterocycles. The predicted molar refractivity (Wildman–Crippen MR) is 86.7 cm³/mol. The van der Waals surface area contributed by atoms with Gasteiger partial charge >= 0.3 is 0 Å². The van der Waals surface area contributed by atoms with Crippen LogP contribution >= 0.6 is 0 Å². The number of aromatic nitrogens is 1. The molecular formula is C17H22N2O3. The minimum Gasteiger partial charge on any atom is -0.396 e. The number of pyridine rings is 1. The Labute approximate surface area is 129 Å². The molecule has 118 valence electrons. The topological polar surface area (TPSA) is 82.2 Å². The molecule has 0 aliphatic heterocycles. The highest BCUT2D eigenvalue weighted by Gasteiger charge is 2.16. The van der Waals surface area contributed by atoms with Crippen molar-refractivity contribution in [2.75, 3.05) is 6.61 Å². The van der Waals surface area contributed by atoms with Crippen molar-refractivity contribution in [1.82, 2.24) is 10.3 Å². The SMILES string of the molecule is CC(C)C(CCO)NC(=O)Cc1cc2ccccc2[nH]c1=O. The molecule has 22 heavy (non-hydrogen) atoms. The number of benzene rings is 1. The Morgan fingerprint density at radius 2 is 2.05 bits per heavy atom. The molecule has 2 aromatic rings. The van der Waals surface area contributed by atoms with Crippen LogP contribution in [-0.2, 0) is 11.2 Å². The van der Waals surface area contributed by atoms with E-state index in [0.29, 0.717) is 12.0 Å². The molecule has 0 aliphatic carbocycles. The standard InChI is InChI=1S/C17H22N2O3/c1-11(2)14(7-8-20)18-16(21)10-13-9-12-5-3-4-6-15(12)19-17(13)22/h3-6,9,11,14,20H,7-8,10H2,1-2H3,(H,18,21)(H,19,22). The third-order valence-corrected chi connectivity index (χ3v) is 3.77. The molecule has 0 saturated heterocycles. The second-order valence-electron chi connectivity index (χ2n) is 5.82. The first kappa shape index (κ1) is 16.2. The van der Waals surface area contributed by atoms with E-state index >= 15 is 0 Å². The van der Waals surface area contributed by atoms with Crippen molar-refractivity contribution >= 4 is 16.8 Å². The molecule has 5 heteroatoms. The van der Waals surface area contributed by atoms with Gasteiger partial charge in [0.15, 0.2) is 0 Å². The first-order chi connectivity index (χ1) is 10.5. The van der Waals surface area contributed by atoms with Crippen LogP contribution in [0.25, 0.3) is 10.9 Å². The molecule has 0 aliphatic rings. The Morgan fingerprint density at radius 3 is 2.73 bits per heavy atom. The Morgan fingerprint density at radius 1 is 1.32 bits per heavy atom. The second kappa shape index (κ2) is 7.22. The van der Waals surface area contributed by atoms with E-state index < -0.39 is 0 Å². The summed E-state index contributed by atoms with van der Waals surface area (Å²) in [7, 11) is 0. The zero-order valence-corrected chi connectivity index (χ0v) is 12.9. The van der Waals surface area contributed by atoms with Crippen LogP contribution in [0.3, 0.4) is 0 Å². The zero-order chi connectivity index (χ0) is 16.1. The van der Waals surface area contributed by atoms with Gasteiger partial charge in [0.1, 0.15) is 0 Å². The lowest BCUT2D eigenvalue weighted by Crippen LogP contribution is -2.40. The van der Waals surface area contributed by atoms with Gasteiger partial charge in [-0.3, -0.25) is 9.59 Å². The quantitative estimate of drug-likeness (QED) is 0.758. The molecule has 1 heterocycles. The van der Waals surface area contributed by atoms with E-state index in [1.807, 2.05) is 38.1 Å². The van der Waals surface area contributed by atoms with Crippen LogP contribution in [0.15, 0.2) is 35.1 Å². The van der Waals surface area contributed by atoms with Gasteiger partial charge in [0, 0.05) is 23.7 Å². The van der Waals surface area contributed by atoms with Crippen molar-refractivity contribution < 1.29 is 9.90 Å². The molecule has 2 rings (SSSR count). The van der Waals surface area contributed by atoms with Crippen LogP contribution in [0.5, 0.6) is 0 Å². The van der Waals surface area contributed by atoms with E-state index in [-0.39, 0.29) is 36.5 Å². The minimum atomic E-state index is -0.239. The van der Waals surface area contributed by atoms with E-state index in [1.165, 1.54) is 0 Å². The first-order valence-electron chi connectivity index (χ1n) is 7.52. The molecule has 0 spiro atoms. The van der Waals surface area contributed by atoms with Gasteiger partial charge in [0.05, 0.1) is 6.42 Å². The maximum atomic E-state index is 12.1. The van der Waals surface area contributed by atoms with Crippen molar-refractivity contribution in [3.8, 4) is 0 Å². The third kappa shape index (κ3) is 3.95. The number of fused-ring (bicyclic) bond motifs is 1. The lowest BCUT2D eigenvalue weighted by atomic mass is 10.0. The lowest BCUT2D eigenvalue weighted by Gasteiger charge is -2.21. The highest BCUT2D eigenvalue weighted by molar-refractivity contribution is 5.82. The molecule has 1 amide bonds. The van der Waals surface area contributed by atoms with Crippen molar-refractivity contribution in [3.63, 3.8) is 0 Å². The molecule has 1 atom stereocenters. The summed E-state index contributed by atoms with van der Waals surface area (Å²) in [6.07, 6.45) is 0.548. The number of carbonyl (C=O) groups excluding carboxylic acids is 1. The van der Waals surface area contributed by atoms with Crippen LogP contribution in [0, 0.1) is 5.92 Å². The number of aromatic amines is 1. The highest BCUT2D eigenvalue weighted by atomic mass is 16.3. The summed E-state index contributed by atoms with van der Waals surface area (Å²) < 4.78 is 0. The smallest absolute Gasteiger partial charge is 0.252 e. The fourth-order valence-corrected chi connectivity index (χ4v) is 2.47. The van der Waals surface area contributed by atoms with Gasteiger partial charge in [-0.2, -0.15) is 0 Å². The third-order valence-electron chi connectivity index (χ3n) is 3.77. The number of hydrogen-bond acceptors (Lipinski definition) is 3. The second-order valence-corrected chi connectivity index (χ2v) is 5.82. The fourth-order valence-electron chi connectivity index (χ4n) is 2.47. The van der Waals surface area contributed by atoms with Gasteiger partial charge in [0.25, 0.3) is 5.56 Å². The molecule has 3 N–H and O–H groups in total. The molecule has 5 nitrogen and oxygen atoms in total. The Hall–Kier alpha value is -2.14. The molecular weight excluding hydrogens is 280 g/mol. The van der Waals surface area contributed by atoms with E-state index in [0.717, 1.165) is 10.9 Å². The molecule has 1 unspecified atom stereocenters. The van der Waals surface area contributed by atoms with Crippen molar-refractivity contribution in [2.45, 2.75) is 32.7 Å². The number of carbonyl (C=O) groups is 1. The van der Waals surface area contributed by atoms with Crippen molar-refractivity contribution in [3.05, 3.63) is 46.2 Å². The number of amides is 1. The average Bonchev–Trinajstić information content (AvgIpc) is 2.47. The predicted octanol–water partition coefficient (Wildman–Crippen LogP) is 1.59. The number of hydrogen-bond donors (Lipinski definition) is 3. The summed E-state index contributed by atoms with van der Waals surface area (Å²) in [6.45, 7) is 4.01. The maximum Gasteiger partial charge on any atom is 0.252 e. The number of rotatable bonds is 6. The van der Waals surface area contributed by atoms with Crippen molar-refractivity contribution in [2.24, 2.45) is 5.92 Å². The van der Waals surface area contributed by atoms with Crippen LogP contribution in [-0.4, -0.2) is 28.6 Å². The maximum absolute atomic E-state index is 12.1. The summed E-state index contributed by atoms with van der Waals surface area (Å²) in [5.74, 6) is 0.0268. The van der Waals surface area contributed by atoms with E-state index in [2.05, 4.69) is 10.3 Å². The number of para-hydroxylation sites is 1. The summed E-state index contributed by atoms with van der Waals surface area (Å²) in [5, 5.41) is 12.8. The van der Waals surface area contributed by atoms with Crippen LogP contribution in [0.1, 0.15) is 25.8 Å². The van der Waals surface area contributed by atoms with Gasteiger partial charge in [-0.15, -0.1) is 0 Å². The van der Waals surface area contributed by atoms with Gasteiger partial charge in [-0.05, 0) is 29.9 Å². The number of H-pyrrole nitrogens is 1. The van der Waals surface area contributed by atoms with E-state index in [4.69, 9.17) is 5.11 Å². The number of nitrogens with one attached hydrogen (secondary N) is 2. The average molecular weight is 302 g/mol. The van der Waals surface area contributed by atoms with E-state index in [9.17, 15) is 9.59 Å². The number of aliphatic hydroxyl groups is 1. The van der Waals surface area contributed by atoms with Crippen molar-refractivity contribution in [1.29, 1.82) is 0 Å². The summed E-state index contributed by atoms with van der Waals surface area (Å²) in [5.41, 5.74) is 0.969. The summed E-state index contributed by atoms with van der Waals surface area (Å²) in [4.78, 5) is 27.0. The number of aliphatic hydroxyl groups excluding tert-OH is 1. The lowest BCUT2D eigenvalue weighted by molar-refractivity contribution is -0.121. The Bertz CT molecular complexity index is 706. The van der Waals surface area contributed by atoms with Gasteiger partial charge in [-0.25, -0.2) is 0 Å². The molecule has 0 radical (unpaired) electrons. The Balaban J connectivity index is 2.14. The van der Waals surface area contributed by atoms with Gasteiger partial charge < -0.3 is 15.4 Å². The van der Waals surface area contributed by atoms with Crippen LogP contribution in [0.2, 0.25) is 0 Å². The van der Waals surface area contributed by atoms with E-state index in [1.54, 1.807) is 6.07 Å². The summed E-state index contributed by atoms with van der Waals surface area (Å²) >= 11 is 0. The van der Waals surface area contributed by atoms with Gasteiger partial charge in [0.2, 0.25) is 5.91 Å². The Kier molecular flexibility index (Phi) is 5.33. The normalized spacial score (nSPS) is 12.5.